The van der Waals surface area contributed by atoms with Gasteiger partial charge >= 0.3 is 0 Å². The first kappa shape index (κ1) is 16.7. The zero-order valence-electron chi connectivity index (χ0n) is 12.8. The summed E-state index contributed by atoms with van der Waals surface area (Å²) in [6.45, 7) is 7.33. The normalized spacial score (nSPS) is 20.4. The molecule has 2 atom stereocenters. The fourth-order valence-corrected chi connectivity index (χ4v) is 2.95. The summed E-state index contributed by atoms with van der Waals surface area (Å²) in [4.78, 5) is 4.78. The van der Waals surface area contributed by atoms with Crippen LogP contribution in [0.4, 0.5) is 0 Å². The Hall–Kier alpha value is -0.650. The Morgan fingerprint density at radius 1 is 1.19 bits per heavy atom. The number of piperazine rings is 1. The Morgan fingerprint density at radius 2 is 1.81 bits per heavy atom. The number of hydrogen-bond acceptors (Lipinski definition) is 4. The quantitative estimate of drug-likeness (QED) is 0.872. The van der Waals surface area contributed by atoms with Crippen molar-refractivity contribution in [1.82, 2.24) is 9.80 Å². The van der Waals surface area contributed by atoms with Gasteiger partial charge in [0, 0.05) is 50.9 Å². The summed E-state index contributed by atoms with van der Waals surface area (Å²) in [6, 6.07) is 8.49. The monoisotopic (exact) mass is 312 g/mol. The molecule has 5 heteroatoms. The molecule has 0 amide bonds. The van der Waals surface area contributed by atoms with Crippen LogP contribution in [0, 0.1) is 0 Å². The summed E-state index contributed by atoms with van der Waals surface area (Å²) >= 11 is 5.94. The number of benzene rings is 1. The van der Waals surface area contributed by atoms with E-state index in [9.17, 15) is 5.11 Å². The van der Waals surface area contributed by atoms with Gasteiger partial charge in [0.25, 0.3) is 0 Å². The Morgan fingerprint density at radius 3 is 2.38 bits per heavy atom. The van der Waals surface area contributed by atoms with Crippen molar-refractivity contribution in [2.24, 2.45) is 0 Å². The van der Waals surface area contributed by atoms with Crippen molar-refractivity contribution >= 4 is 11.6 Å². The van der Waals surface area contributed by atoms with Gasteiger partial charge in [0.2, 0.25) is 0 Å². The van der Waals surface area contributed by atoms with E-state index in [4.69, 9.17) is 16.3 Å². The Labute approximate surface area is 132 Å². The summed E-state index contributed by atoms with van der Waals surface area (Å²) < 4.78 is 4.97. The zero-order valence-corrected chi connectivity index (χ0v) is 13.6. The van der Waals surface area contributed by atoms with Crippen LogP contribution in [0.1, 0.15) is 18.5 Å². The second-order valence-electron chi connectivity index (χ2n) is 5.67. The molecule has 1 N–H and O–H groups in total. The number of ether oxygens (including phenoxy) is 1. The number of methoxy groups -OCH3 is 1. The van der Waals surface area contributed by atoms with Crippen molar-refractivity contribution in [2.45, 2.75) is 19.1 Å². The Kier molecular flexibility index (Phi) is 6.45. The van der Waals surface area contributed by atoms with Crippen LogP contribution in [0.15, 0.2) is 24.3 Å². The van der Waals surface area contributed by atoms with Gasteiger partial charge in [0.1, 0.15) is 0 Å². The zero-order chi connectivity index (χ0) is 15.2. The van der Waals surface area contributed by atoms with Gasteiger partial charge in [0.05, 0.1) is 12.7 Å². The van der Waals surface area contributed by atoms with Gasteiger partial charge in [-0.1, -0.05) is 23.7 Å². The van der Waals surface area contributed by atoms with Gasteiger partial charge in [-0.2, -0.15) is 0 Å². The molecule has 0 aliphatic carbocycles. The maximum absolute atomic E-state index is 9.79. The molecule has 118 valence electrons. The molecule has 0 saturated carbocycles. The SMILES string of the molecule is COC[C@H](O)CN1CCN([C@@H](C)c2ccc(Cl)cc2)CC1. The summed E-state index contributed by atoms with van der Waals surface area (Å²) in [5.41, 5.74) is 1.30. The summed E-state index contributed by atoms with van der Waals surface area (Å²) in [5.74, 6) is 0. The molecule has 0 spiro atoms. The topological polar surface area (TPSA) is 35.9 Å². The predicted octanol–water partition coefficient (Wildman–Crippen LogP) is 2.03. The lowest BCUT2D eigenvalue weighted by Gasteiger charge is -2.38. The lowest BCUT2D eigenvalue weighted by molar-refractivity contribution is 0.0190. The third-order valence-electron chi connectivity index (χ3n) is 4.14. The number of aliphatic hydroxyl groups excluding tert-OH is 1. The molecule has 4 nitrogen and oxygen atoms in total. The fourth-order valence-electron chi connectivity index (χ4n) is 2.83. The van der Waals surface area contributed by atoms with E-state index in [1.165, 1.54) is 5.56 Å². The Bertz CT molecular complexity index is 419. The van der Waals surface area contributed by atoms with Crippen LogP contribution < -0.4 is 0 Å². The van der Waals surface area contributed by atoms with Crippen LogP contribution in [0.5, 0.6) is 0 Å². The van der Waals surface area contributed by atoms with Gasteiger partial charge in [-0.05, 0) is 24.6 Å². The van der Waals surface area contributed by atoms with Crippen LogP contribution in [0.25, 0.3) is 0 Å². The average Bonchev–Trinajstić information content (AvgIpc) is 2.48. The molecule has 1 fully saturated rings. The van der Waals surface area contributed by atoms with Crippen molar-refractivity contribution in [3.63, 3.8) is 0 Å². The summed E-state index contributed by atoms with van der Waals surface area (Å²) in [6.07, 6.45) is -0.393. The van der Waals surface area contributed by atoms with Crippen molar-refractivity contribution in [3.8, 4) is 0 Å². The van der Waals surface area contributed by atoms with Crippen LogP contribution in [0.2, 0.25) is 5.02 Å². The summed E-state index contributed by atoms with van der Waals surface area (Å²) in [5, 5.41) is 10.6. The molecule has 1 aliphatic heterocycles. The molecule has 21 heavy (non-hydrogen) atoms. The average molecular weight is 313 g/mol. The number of aliphatic hydroxyl groups is 1. The number of nitrogens with zero attached hydrogens (tertiary/aromatic N) is 2. The van der Waals surface area contributed by atoms with Gasteiger partial charge in [-0.15, -0.1) is 0 Å². The van der Waals surface area contributed by atoms with Crippen LogP contribution in [-0.4, -0.2) is 67.5 Å². The lowest BCUT2D eigenvalue weighted by Crippen LogP contribution is -2.49. The molecule has 1 aliphatic rings. The van der Waals surface area contributed by atoms with Gasteiger partial charge < -0.3 is 9.84 Å². The van der Waals surface area contributed by atoms with E-state index >= 15 is 0 Å². The molecule has 1 aromatic carbocycles. The minimum atomic E-state index is -0.393. The molecular weight excluding hydrogens is 288 g/mol. The number of rotatable bonds is 6. The largest absolute Gasteiger partial charge is 0.389 e. The fraction of sp³-hybridized carbons (Fsp3) is 0.625. The van der Waals surface area contributed by atoms with E-state index in [0.29, 0.717) is 19.2 Å². The van der Waals surface area contributed by atoms with E-state index in [2.05, 4.69) is 28.9 Å². The van der Waals surface area contributed by atoms with Crippen LogP contribution in [0.3, 0.4) is 0 Å². The minimum absolute atomic E-state index is 0.393. The van der Waals surface area contributed by atoms with E-state index in [0.717, 1.165) is 31.2 Å². The second-order valence-corrected chi connectivity index (χ2v) is 6.11. The molecule has 1 aromatic rings. The van der Waals surface area contributed by atoms with Gasteiger partial charge in [0.15, 0.2) is 0 Å². The van der Waals surface area contributed by atoms with E-state index in [1.54, 1.807) is 7.11 Å². The third kappa shape index (κ3) is 4.94. The predicted molar refractivity (Wildman–Crippen MR) is 85.8 cm³/mol. The highest BCUT2D eigenvalue weighted by atomic mass is 35.5. The molecule has 1 saturated heterocycles. The standard InChI is InChI=1S/C16H25ClN2O2/c1-13(14-3-5-15(17)6-4-14)19-9-7-18(8-10-19)11-16(20)12-21-2/h3-6,13,16,20H,7-12H2,1-2H3/t13-,16+/m0/s1. The van der Waals surface area contributed by atoms with Crippen LogP contribution >= 0.6 is 11.6 Å². The molecular formula is C16H25ClN2O2. The van der Waals surface area contributed by atoms with E-state index in [1.807, 2.05) is 12.1 Å². The molecule has 1 heterocycles. The highest BCUT2D eigenvalue weighted by Gasteiger charge is 2.23. The molecule has 0 bridgehead atoms. The number of halogens is 1. The third-order valence-corrected chi connectivity index (χ3v) is 4.39. The maximum Gasteiger partial charge on any atom is 0.0900 e. The lowest BCUT2D eigenvalue weighted by atomic mass is 10.1. The van der Waals surface area contributed by atoms with E-state index in [-0.39, 0.29) is 0 Å². The molecule has 2 rings (SSSR count). The first-order valence-electron chi connectivity index (χ1n) is 7.49. The van der Waals surface area contributed by atoms with Crippen molar-refractivity contribution < 1.29 is 9.84 Å². The van der Waals surface area contributed by atoms with Gasteiger partial charge in [-0.3, -0.25) is 9.80 Å². The number of hydrogen-bond donors (Lipinski definition) is 1. The highest BCUT2D eigenvalue weighted by Crippen LogP contribution is 2.23. The van der Waals surface area contributed by atoms with Crippen molar-refractivity contribution in [1.29, 1.82) is 0 Å². The van der Waals surface area contributed by atoms with Gasteiger partial charge in [-0.25, -0.2) is 0 Å². The summed E-state index contributed by atoms with van der Waals surface area (Å²) in [7, 11) is 1.62. The van der Waals surface area contributed by atoms with Crippen molar-refractivity contribution in [3.05, 3.63) is 34.9 Å². The second kappa shape index (κ2) is 8.11. The van der Waals surface area contributed by atoms with Crippen LogP contribution in [-0.2, 0) is 4.74 Å². The van der Waals surface area contributed by atoms with Crippen molar-refractivity contribution in [2.75, 3.05) is 46.4 Å². The first-order chi connectivity index (χ1) is 10.1. The molecule has 0 radical (unpaired) electrons. The maximum atomic E-state index is 9.79. The highest BCUT2D eigenvalue weighted by molar-refractivity contribution is 6.30. The first-order valence-corrected chi connectivity index (χ1v) is 7.87. The smallest absolute Gasteiger partial charge is 0.0900 e. The van der Waals surface area contributed by atoms with E-state index < -0.39 is 6.10 Å². The Balaban J connectivity index is 1.81. The molecule has 0 aromatic heterocycles. The minimum Gasteiger partial charge on any atom is -0.389 e. The molecule has 0 unspecified atom stereocenters. The number of β-amino-alcohol motifs (C(OH)–C–C–N with tert-alkyl or cyclic N) is 1.